The van der Waals surface area contributed by atoms with Crippen LogP contribution in [0.15, 0.2) is 36.4 Å². The molecule has 2 heterocycles. The van der Waals surface area contributed by atoms with Crippen molar-refractivity contribution in [1.29, 1.82) is 0 Å². The summed E-state index contributed by atoms with van der Waals surface area (Å²) < 4.78 is 10.1. The van der Waals surface area contributed by atoms with Crippen molar-refractivity contribution in [3.8, 4) is 0 Å². The first kappa shape index (κ1) is 13.5. The number of rotatable bonds is 4. The van der Waals surface area contributed by atoms with Gasteiger partial charge < -0.3 is 9.47 Å². The highest BCUT2D eigenvalue weighted by atomic mass is 16.6. The van der Waals surface area contributed by atoms with Crippen molar-refractivity contribution in [2.75, 3.05) is 18.1 Å². The molecule has 6 nitrogen and oxygen atoms in total. The van der Waals surface area contributed by atoms with Gasteiger partial charge in [-0.3, -0.25) is 14.4 Å². The lowest BCUT2D eigenvalue weighted by Crippen LogP contribution is -2.38. The van der Waals surface area contributed by atoms with Gasteiger partial charge in [-0.2, -0.15) is 0 Å². The standard InChI is InChI=1S/C15H13NO5/c17-13-5-6-14(18)16(13)11-3-1-10(2-4-11)7-15(19)21-12-8-20-9-12/h1-6,12H,7-9H2. The molecule has 2 aliphatic heterocycles. The monoisotopic (exact) mass is 287 g/mol. The molecule has 0 N–H and O–H groups in total. The van der Waals surface area contributed by atoms with Gasteiger partial charge in [0.05, 0.1) is 25.3 Å². The van der Waals surface area contributed by atoms with E-state index in [9.17, 15) is 14.4 Å². The second-order valence-electron chi connectivity index (χ2n) is 4.84. The molecule has 0 saturated carbocycles. The van der Waals surface area contributed by atoms with Crippen molar-refractivity contribution < 1.29 is 23.9 Å². The first-order valence-corrected chi connectivity index (χ1v) is 6.56. The van der Waals surface area contributed by atoms with Gasteiger partial charge in [0.2, 0.25) is 0 Å². The molecule has 1 aromatic carbocycles. The molecule has 0 unspecified atom stereocenters. The van der Waals surface area contributed by atoms with Crippen LogP contribution in [-0.2, 0) is 30.3 Å². The van der Waals surface area contributed by atoms with Crippen molar-refractivity contribution >= 4 is 23.5 Å². The molecule has 6 heteroatoms. The molecule has 0 radical (unpaired) electrons. The second kappa shape index (κ2) is 5.49. The number of esters is 1. The Hall–Kier alpha value is -2.47. The molecule has 0 atom stereocenters. The van der Waals surface area contributed by atoms with E-state index in [1.807, 2.05) is 0 Å². The number of hydrogen-bond donors (Lipinski definition) is 0. The minimum atomic E-state index is -0.364. The predicted molar refractivity (Wildman–Crippen MR) is 72.5 cm³/mol. The summed E-state index contributed by atoms with van der Waals surface area (Å²) in [6.07, 6.45) is 2.47. The molecular formula is C15H13NO5. The van der Waals surface area contributed by atoms with Crippen molar-refractivity contribution in [1.82, 2.24) is 0 Å². The third kappa shape index (κ3) is 2.85. The summed E-state index contributed by atoms with van der Waals surface area (Å²) in [6, 6.07) is 6.68. The maximum atomic E-state index is 11.7. The van der Waals surface area contributed by atoms with E-state index in [0.717, 1.165) is 10.5 Å². The number of nitrogens with zero attached hydrogens (tertiary/aromatic N) is 1. The summed E-state index contributed by atoms with van der Waals surface area (Å²) in [6.45, 7) is 0.910. The number of anilines is 1. The van der Waals surface area contributed by atoms with Gasteiger partial charge in [0.25, 0.3) is 11.8 Å². The largest absolute Gasteiger partial charge is 0.457 e. The third-order valence-electron chi connectivity index (χ3n) is 3.26. The van der Waals surface area contributed by atoms with Crippen LogP contribution in [0.5, 0.6) is 0 Å². The van der Waals surface area contributed by atoms with Crippen LogP contribution in [0.3, 0.4) is 0 Å². The van der Waals surface area contributed by atoms with Gasteiger partial charge in [0, 0.05) is 12.2 Å². The van der Waals surface area contributed by atoms with Gasteiger partial charge in [0.1, 0.15) is 6.10 Å². The molecule has 0 bridgehead atoms. The van der Waals surface area contributed by atoms with E-state index in [1.54, 1.807) is 24.3 Å². The topological polar surface area (TPSA) is 72.9 Å². The summed E-state index contributed by atoms with van der Waals surface area (Å²) in [4.78, 5) is 35.8. The lowest BCUT2D eigenvalue weighted by Gasteiger charge is -2.25. The zero-order valence-electron chi connectivity index (χ0n) is 11.2. The third-order valence-corrected chi connectivity index (χ3v) is 3.26. The number of imide groups is 1. The van der Waals surface area contributed by atoms with E-state index in [4.69, 9.17) is 9.47 Å². The zero-order chi connectivity index (χ0) is 14.8. The van der Waals surface area contributed by atoms with Crippen LogP contribution in [0.2, 0.25) is 0 Å². The van der Waals surface area contributed by atoms with Crippen LogP contribution in [0.4, 0.5) is 5.69 Å². The average Bonchev–Trinajstić information content (AvgIpc) is 2.75. The van der Waals surface area contributed by atoms with Crippen LogP contribution in [0, 0.1) is 0 Å². The second-order valence-corrected chi connectivity index (χ2v) is 4.84. The molecule has 0 aliphatic carbocycles. The quantitative estimate of drug-likeness (QED) is 0.599. The number of carbonyl (C=O) groups is 3. The van der Waals surface area contributed by atoms with Crippen LogP contribution < -0.4 is 4.90 Å². The lowest BCUT2D eigenvalue weighted by molar-refractivity contribution is -0.171. The summed E-state index contributed by atoms with van der Waals surface area (Å²) >= 11 is 0. The fourth-order valence-corrected chi connectivity index (χ4v) is 2.09. The van der Waals surface area contributed by atoms with Crippen molar-refractivity contribution in [2.45, 2.75) is 12.5 Å². The minimum Gasteiger partial charge on any atom is -0.457 e. The van der Waals surface area contributed by atoms with Crippen LogP contribution in [0.1, 0.15) is 5.56 Å². The fraction of sp³-hybridized carbons (Fsp3) is 0.267. The molecule has 1 aromatic rings. The minimum absolute atomic E-state index is 0.136. The maximum Gasteiger partial charge on any atom is 0.310 e. The molecule has 1 fully saturated rings. The van der Waals surface area contributed by atoms with Gasteiger partial charge in [-0.05, 0) is 17.7 Å². The Balaban J connectivity index is 1.62. The zero-order valence-corrected chi connectivity index (χ0v) is 11.2. The normalized spacial score (nSPS) is 18.0. The molecule has 21 heavy (non-hydrogen) atoms. The average molecular weight is 287 g/mol. The highest BCUT2D eigenvalue weighted by Crippen LogP contribution is 2.20. The molecule has 0 spiro atoms. The van der Waals surface area contributed by atoms with Crippen LogP contribution >= 0.6 is 0 Å². The number of amides is 2. The Morgan fingerprint density at radius 2 is 1.76 bits per heavy atom. The van der Waals surface area contributed by atoms with E-state index in [0.29, 0.717) is 18.9 Å². The summed E-state index contributed by atoms with van der Waals surface area (Å²) in [5.74, 6) is -1.04. The van der Waals surface area contributed by atoms with Crippen molar-refractivity contribution in [3.05, 3.63) is 42.0 Å². The maximum absolute atomic E-state index is 11.7. The van der Waals surface area contributed by atoms with E-state index in [2.05, 4.69) is 0 Å². The SMILES string of the molecule is O=C(Cc1ccc(N2C(=O)C=CC2=O)cc1)OC1COC1. The summed E-state index contributed by atoms with van der Waals surface area (Å²) in [7, 11) is 0. The van der Waals surface area contributed by atoms with E-state index < -0.39 is 0 Å². The number of benzene rings is 1. The van der Waals surface area contributed by atoms with Gasteiger partial charge >= 0.3 is 5.97 Å². The van der Waals surface area contributed by atoms with Crippen LogP contribution in [-0.4, -0.2) is 37.1 Å². The Labute approximate surface area is 120 Å². The summed E-state index contributed by atoms with van der Waals surface area (Å²) in [5, 5.41) is 0. The molecular weight excluding hydrogens is 274 g/mol. The number of hydrogen-bond acceptors (Lipinski definition) is 5. The Bertz CT molecular complexity index is 597. The molecule has 3 rings (SSSR count). The lowest BCUT2D eigenvalue weighted by atomic mass is 10.1. The first-order valence-electron chi connectivity index (χ1n) is 6.56. The van der Waals surface area contributed by atoms with Crippen molar-refractivity contribution in [2.24, 2.45) is 0 Å². The molecule has 1 saturated heterocycles. The van der Waals surface area contributed by atoms with E-state index >= 15 is 0 Å². The first-order chi connectivity index (χ1) is 10.1. The number of ether oxygens (including phenoxy) is 2. The van der Waals surface area contributed by atoms with E-state index in [1.165, 1.54) is 12.2 Å². The Kier molecular flexibility index (Phi) is 3.53. The molecule has 2 amide bonds. The van der Waals surface area contributed by atoms with Gasteiger partial charge in [-0.1, -0.05) is 12.1 Å². The molecule has 108 valence electrons. The fourth-order valence-electron chi connectivity index (χ4n) is 2.09. The number of carbonyl (C=O) groups excluding carboxylic acids is 3. The van der Waals surface area contributed by atoms with Gasteiger partial charge in [-0.25, -0.2) is 4.90 Å². The smallest absolute Gasteiger partial charge is 0.310 e. The highest BCUT2D eigenvalue weighted by Gasteiger charge is 2.25. The Morgan fingerprint density at radius 1 is 1.14 bits per heavy atom. The molecule has 2 aliphatic rings. The summed E-state index contributed by atoms with van der Waals surface area (Å²) in [5.41, 5.74) is 1.25. The van der Waals surface area contributed by atoms with Crippen LogP contribution in [0.25, 0.3) is 0 Å². The Morgan fingerprint density at radius 3 is 2.29 bits per heavy atom. The molecule has 0 aromatic heterocycles. The van der Waals surface area contributed by atoms with E-state index in [-0.39, 0.29) is 30.3 Å². The van der Waals surface area contributed by atoms with Crippen molar-refractivity contribution in [3.63, 3.8) is 0 Å². The highest BCUT2D eigenvalue weighted by molar-refractivity contribution is 6.28. The van der Waals surface area contributed by atoms with Gasteiger partial charge in [-0.15, -0.1) is 0 Å². The predicted octanol–water partition coefficient (Wildman–Crippen LogP) is 0.600. The van der Waals surface area contributed by atoms with Gasteiger partial charge in [0.15, 0.2) is 0 Å².